The van der Waals surface area contributed by atoms with Crippen molar-refractivity contribution in [1.29, 1.82) is 0 Å². The van der Waals surface area contributed by atoms with Gasteiger partial charge in [0.1, 0.15) is 0 Å². The predicted molar refractivity (Wildman–Crippen MR) is 186 cm³/mol. The summed E-state index contributed by atoms with van der Waals surface area (Å²) in [5.74, 6) is 0. The van der Waals surface area contributed by atoms with E-state index in [1.807, 2.05) is 0 Å². The summed E-state index contributed by atoms with van der Waals surface area (Å²) in [4.78, 5) is 18.2. The normalized spacial score (nSPS) is 12.6. The summed E-state index contributed by atoms with van der Waals surface area (Å²) in [6.07, 6.45) is 13.1. The van der Waals surface area contributed by atoms with Crippen molar-refractivity contribution in [3.05, 3.63) is 35.4 Å². The fourth-order valence-corrected chi connectivity index (χ4v) is 22.4. The molecule has 0 atom stereocenters. The van der Waals surface area contributed by atoms with Gasteiger partial charge >= 0.3 is 261 Å². The number of aromatic nitrogens is 2. The Bertz CT molecular complexity index is 1270. The molecule has 1 aromatic carbocycles. The number of fused-ring (bicyclic) bond motifs is 1. The van der Waals surface area contributed by atoms with Gasteiger partial charge in [0, 0.05) is 0 Å². The van der Waals surface area contributed by atoms with E-state index in [-0.39, 0.29) is 0 Å². The number of hydrogen-bond donors (Lipinski definition) is 0. The van der Waals surface area contributed by atoms with Crippen LogP contribution in [0, 0.1) is 0 Å². The van der Waals surface area contributed by atoms with E-state index >= 15 is 0 Å². The molecule has 0 aliphatic rings. The second-order valence-electron chi connectivity index (χ2n) is 13.2. The average molecular weight is 794 g/mol. The molecule has 39 heavy (non-hydrogen) atoms. The van der Waals surface area contributed by atoms with Crippen LogP contribution in [0.1, 0.15) is 76.3 Å². The fraction of sp³-hybridized carbons (Fsp3) is 0.562. The van der Waals surface area contributed by atoms with Crippen molar-refractivity contribution < 1.29 is 0 Å². The van der Waals surface area contributed by atoms with Gasteiger partial charge in [-0.25, -0.2) is 0 Å². The average Bonchev–Trinajstić information content (AvgIpc) is 3.62. The first-order valence-corrected chi connectivity index (χ1v) is 37.4. The topological polar surface area (TPSA) is 25.8 Å². The summed E-state index contributed by atoms with van der Waals surface area (Å²) >= 11 is 1.06. The second-order valence-corrected chi connectivity index (χ2v) is 46.4. The fourth-order valence-electron chi connectivity index (χ4n) is 5.51. The van der Waals surface area contributed by atoms with Gasteiger partial charge in [-0.05, 0) is 0 Å². The Morgan fingerprint density at radius 2 is 1.00 bits per heavy atom. The number of rotatable bonds is 14. The molecule has 0 bridgehead atoms. The maximum absolute atomic E-state index is 4.89. The van der Waals surface area contributed by atoms with E-state index in [0.717, 1.165) is 11.0 Å². The van der Waals surface area contributed by atoms with Crippen molar-refractivity contribution >= 4 is 88.0 Å². The van der Waals surface area contributed by atoms with Gasteiger partial charge in [0.15, 0.2) is 0 Å². The van der Waals surface area contributed by atoms with Crippen LogP contribution in [0.15, 0.2) is 24.3 Å². The summed E-state index contributed by atoms with van der Waals surface area (Å²) in [5, 5.41) is 0. The Hall–Kier alpha value is 0.0374. The van der Waals surface area contributed by atoms with Crippen LogP contribution < -0.4 is 5.79 Å². The zero-order chi connectivity index (χ0) is 28.2. The molecule has 0 N–H and O–H groups in total. The Morgan fingerprint density at radius 1 is 0.590 bits per heavy atom. The summed E-state index contributed by atoms with van der Waals surface area (Å²) in [7, 11) is 0. The molecule has 0 amide bonds. The van der Waals surface area contributed by atoms with Crippen LogP contribution in [0.25, 0.3) is 31.9 Å². The van der Waals surface area contributed by atoms with Crippen LogP contribution in [0.2, 0.25) is 29.6 Å². The van der Waals surface area contributed by atoms with Gasteiger partial charge in [-0.3, -0.25) is 0 Å². The van der Waals surface area contributed by atoms with E-state index < -0.39 is 36.8 Å². The molecule has 0 unspecified atom stereocenters. The molecule has 0 saturated carbocycles. The van der Waals surface area contributed by atoms with Crippen LogP contribution in [0.5, 0.6) is 0 Å². The summed E-state index contributed by atoms with van der Waals surface area (Å²) in [5.41, 5.74) is 8.04. The number of aryl methyl sites for hydroxylation is 2. The zero-order valence-electron chi connectivity index (χ0n) is 25.5. The Labute approximate surface area is 258 Å². The van der Waals surface area contributed by atoms with E-state index in [2.05, 4.69) is 90.4 Å². The van der Waals surface area contributed by atoms with Crippen molar-refractivity contribution in [2.45, 2.75) is 108 Å². The molecule has 0 aliphatic carbocycles. The number of benzene rings is 1. The molecule has 212 valence electrons. The zero-order valence-corrected chi connectivity index (χ0v) is 33.7. The van der Waals surface area contributed by atoms with Crippen molar-refractivity contribution in [2.24, 2.45) is 0 Å². The molecule has 3 aromatic heterocycles. The summed E-state index contributed by atoms with van der Waals surface area (Å²) in [6, 6.07) is 9.75. The molecule has 4 aromatic rings. The van der Waals surface area contributed by atoms with Gasteiger partial charge in [-0.15, -0.1) is 0 Å². The molecule has 0 fully saturated rings. The quantitative estimate of drug-likeness (QED) is 0.0939. The standard InChI is InChI=1S/C26H30N2S3.6CH3.2Sn/c1-3-5-7-9-11-19-15-23(29-17-19)21-13-14-22(26-25(21)27-31-28-26)24-16-20(18-30-24)12-10-8-6-4-2;;;;;;;;/h13-16H,3-12H2,1-2H3;6*1H3;;. The predicted octanol–water partition coefficient (Wildman–Crippen LogP) is 10.5. The first-order chi connectivity index (χ1) is 18.5. The second kappa shape index (κ2) is 14.0. The molecule has 3 heterocycles. The third kappa shape index (κ3) is 7.91. The third-order valence-electron chi connectivity index (χ3n) is 7.53. The SMILES string of the molecule is CCCCCCc1cc(-c2ccc(-c3cc(CCCCCC)[c]([Sn]([CH3])([CH3])[CH3])s3)c3nsnc23)s[c]1[Sn]([CH3])([CH3])[CH3]. The van der Waals surface area contributed by atoms with E-state index in [0.29, 0.717) is 0 Å². The van der Waals surface area contributed by atoms with Crippen LogP contribution in [0.4, 0.5) is 0 Å². The van der Waals surface area contributed by atoms with E-state index in [9.17, 15) is 0 Å². The molecular weight excluding hydrogens is 746 g/mol. The number of unbranched alkanes of at least 4 members (excludes halogenated alkanes) is 6. The van der Waals surface area contributed by atoms with Crippen LogP contribution >= 0.6 is 34.4 Å². The molecular formula is C32H48N2S3Sn2. The number of thiophene rings is 2. The van der Waals surface area contributed by atoms with Crippen LogP contribution in [-0.4, -0.2) is 45.5 Å². The Kier molecular flexibility index (Phi) is 11.5. The monoisotopic (exact) mass is 796 g/mol. The summed E-state index contributed by atoms with van der Waals surface area (Å²) < 4.78 is 13.3. The van der Waals surface area contributed by atoms with E-state index in [4.69, 9.17) is 8.75 Å². The van der Waals surface area contributed by atoms with Crippen molar-refractivity contribution in [2.75, 3.05) is 0 Å². The third-order valence-corrected chi connectivity index (χ3v) is 29.7. The Balaban J connectivity index is 1.71. The molecule has 0 radical (unpaired) electrons. The minimum absolute atomic E-state index is 1.10. The van der Waals surface area contributed by atoms with Gasteiger partial charge in [-0.2, -0.15) is 0 Å². The first kappa shape index (κ1) is 32.0. The van der Waals surface area contributed by atoms with Crippen LogP contribution in [-0.2, 0) is 12.8 Å². The van der Waals surface area contributed by atoms with Gasteiger partial charge < -0.3 is 0 Å². The molecule has 4 rings (SSSR count). The van der Waals surface area contributed by atoms with Gasteiger partial charge in [0.2, 0.25) is 0 Å². The molecule has 7 heteroatoms. The molecule has 0 spiro atoms. The molecule has 0 saturated heterocycles. The van der Waals surface area contributed by atoms with Crippen molar-refractivity contribution in [1.82, 2.24) is 8.75 Å². The first-order valence-electron chi connectivity index (χ1n) is 15.1. The Morgan fingerprint density at radius 3 is 1.36 bits per heavy atom. The van der Waals surface area contributed by atoms with Crippen molar-refractivity contribution in [3.63, 3.8) is 0 Å². The minimum atomic E-state index is -2.22. The van der Waals surface area contributed by atoms with E-state index in [1.54, 1.807) is 16.9 Å². The number of nitrogens with zero attached hydrogens (tertiary/aromatic N) is 2. The van der Waals surface area contributed by atoms with E-state index in [1.165, 1.54) is 96.8 Å². The van der Waals surface area contributed by atoms with Gasteiger partial charge in [0.05, 0.1) is 0 Å². The van der Waals surface area contributed by atoms with Gasteiger partial charge in [0.25, 0.3) is 0 Å². The summed E-state index contributed by atoms with van der Waals surface area (Å²) in [6.45, 7) is 4.60. The van der Waals surface area contributed by atoms with Crippen LogP contribution in [0.3, 0.4) is 0 Å². The molecule has 0 aliphatic heterocycles. The molecule has 2 nitrogen and oxygen atoms in total. The van der Waals surface area contributed by atoms with Gasteiger partial charge in [-0.1, -0.05) is 0 Å². The maximum atomic E-state index is 4.89. The van der Waals surface area contributed by atoms with Crippen molar-refractivity contribution in [3.8, 4) is 20.9 Å². The number of hydrogen-bond acceptors (Lipinski definition) is 5.